The Kier molecular flexibility index (Phi) is 5.29. The molecule has 0 aliphatic carbocycles. The predicted molar refractivity (Wildman–Crippen MR) is 63.2 cm³/mol. The van der Waals surface area contributed by atoms with Gasteiger partial charge in [0.2, 0.25) is 0 Å². The van der Waals surface area contributed by atoms with Gasteiger partial charge in [-0.15, -0.1) is 0 Å². The van der Waals surface area contributed by atoms with Gasteiger partial charge in [-0.25, -0.2) is 23.5 Å². The molecule has 1 aromatic heterocycles. The second-order valence-electron chi connectivity index (χ2n) is 4.25. The summed E-state index contributed by atoms with van der Waals surface area (Å²) in [5, 5.41) is 8.81. The van der Waals surface area contributed by atoms with Crippen molar-refractivity contribution in [2.24, 2.45) is 5.92 Å². The second-order valence-corrected chi connectivity index (χ2v) is 4.25. The lowest BCUT2D eigenvalue weighted by atomic mass is 10.1. The fourth-order valence-electron chi connectivity index (χ4n) is 1.62. The van der Waals surface area contributed by atoms with Gasteiger partial charge in [-0.05, 0) is 12.8 Å². The molecule has 0 saturated carbocycles. The third-order valence-electron chi connectivity index (χ3n) is 2.48. The van der Waals surface area contributed by atoms with Crippen LogP contribution in [0, 0.1) is 5.92 Å². The zero-order valence-electron chi connectivity index (χ0n) is 10.9. The molecule has 1 N–H and O–H groups in total. The predicted octanol–water partition coefficient (Wildman–Crippen LogP) is 2.85. The summed E-state index contributed by atoms with van der Waals surface area (Å²) >= 11 is 0. The van der Waals surface area contributed by atoms with Crippen molar-refractivity contribution in [2.75, 3.05) is 6.61 Å². The number of rotatable bonds is 6. The first kappa shape index (κ1) is 15.4. The summed E-state index contributed by atoms with van der Waals surface area (Å²) in [7, 11) is 0. The summed E-state index contributed by atoms with van der Waals surface area (Å²) in [5.41, 5.74) is -1.36. The molecular weight excluding hydrogens is 258 g/mol. The maximum absolute atomic E-state index is 12.8. The Hall–Kier alpha value is -1.63. The molecule has 1 aromatic rings. The minimum absolute atomic E-state index is 0.0128. The van der Waals surface area contributed by atoms with Crippen LogP contribution in [0.5, 0.6) is 0 Å². The number of carboxylic acids is 1. The molecule has 0 aromatic carbocycles. The van der Waals surface area contributed by atoms with Gasteiger partial charge in [-0.2, -0.15) is 0 Å². The molecule has 0 bridgehead atoms. The van der Waals surface area contributed by atoms with E-state index in [9.17, 15) is 13.6 Å². The number of ether oxygens (including phenoxy) is 1. The number of alkyl halides is 2. The van der Waals surface area contributed by atoms with Crippen LogP contribution in [0.25, 0.3) is 0 Å². The van der Waals surface area contributed by atoms with Gasteiger partial charge in [0.15, 0.2) is 5.82 Å². The van der Waals surface area contributed by atoms with Gasteiger partial charge in [-0.1, -0.05) is 13.8 Å². The third-order valence-corrected chi connectivity index (χ3v) is 2.48. The summed E-state index contributed by atoms with van der Waals surface area (Å²) in [5.74, 6) is -1.40. The van der Waals surface area contributed by atoms with Crippen LogP contribution in [0.3, 0.4) is 0 Å². The zero-order valence-corrected chi connectivity index (χ0v) is 10.9. The van der Waals surface area contributed by atoms with Crippen molar-refractivity contribution in [2.45, 2.75) is 33.3 Å². The first-order chi connectivity index (χ1) is 8.88. The Morgan fingerprint density at radius 3 is 2.53 bits per heavy atom. The summed E-state index contributed by atoms with van der Waals surface area (Å²) < 4.78 is 31.1. The van der Waals surface area contributed by atoms with E-state index in [-0.39, 0.29) is 11.7 Å². The molecule has 1 unspecified atom stereocenters. The molecule has 0 aliphatic heterocycles. The van der Waals surface area contributed by atoms with Gasteiger partial charge in [0.25, 0.3) is 6.43 Å². The molecule has 0 amide bonds. The van der Waals surface area contributed by atoms with Crippen molar-refractivity contribution in [1.29, 1.82) is 0 Å². The highest BCUT2D eigenvalue weighted by Crippen LogP contribution is 2.26. The van der Waals surface area contributed by atoms with E-state index in [1.54, 1.807) is 6.92 Å². The topological polar surface area (TPSA) is 72.3 Å². The van der Waals surface area contributed by atoms with Gasteiger partial charge in [0.1, 0.15) is 17.4 Å². The number of hydrogen-bond donors (Lipinski definition) is 1. The zero-order chi connectivity index (χ0) is 14.6. The summed E-state index contributed by atoms with van der Waals surface area (Å²) in [6.45, 7) is 5.85. The molecule has 0 aliphatic rings. The van der Waals surface area contributed by atoms with Gasteiger partial charge >= 0.3 is 5.97 Å². The normalized spacial score (nSPS) is 13.0. The van der Waals surface area contributed by atoms with E-state index in [0.29, 0.717) is 6.61 Å². The average molecular weight is 274 g/mol. The molecule has 0 saturated heterocycles. The van der Waals surface area contributed by atoms with Gasteiger partial charge in [0, 0.05) is 12.8 Å². The Morgan fingerprint density at radius 2 is 2.11 bits per heavy atom. The van der Waals surface area contributed by atoms with Crippen LogP contribution >= 0.6 is 0 Å². The van der Waals surface area contributed by atoms with Crippen molar-refractivity contribution in [3.8, 4) is 0 Å². The van der Waals surface area contributed by atoms with Crippen LogP contribution in [0.15, 0.2) is 6.20 Å². The number of aromatic carboxylic acids is 1. The van der Waals surface area contributed by atoms with Gasteiger partial charge in [-0.3, -0.25) is 0 Å². The lowest BCUT2D eigenvalue weighted by Gasteiger charge is -2.20. The van der Waals surface area contributed by atoms with Crippen LogP contribution in [0.2, 0.25) is 0 Å². The molecule has 1 atom stereocenters. The van der Waals surface area contributed by atoms with E-state index in [1.807, 2.05) is 13.8 Å². The Labute approximate surface area is 109 Å². The van der Waals surface area contributed by atoms with E-state index >= 15 is 0 Å². The number of aromatic nitrogens is 2. The van der Waals surface area contributed by atoms with Crippen molar-refractivity contribution < 1.29 is 23.4 Å². The van der Waals surface area contributed by atoms with E-state index in [4.69, 9.17) is 9.84 Å². The van der Waals surface area contributed by atoms with Crippen LogP contribution in [0.1, 0.15) is 55.2 Å². The number of halogens is 2. The van der Waals surface area contributed by atoms with E-state index < -0.39 is 29.8 Å². The molecule has 5 nitrogen and oxygen atoms in total. The van der Waals surface area contributed by atoms with Crippen molar-refractivity contribution in [1.82, 2.24) is 9.97 Å². The minimum Gasteiger partial charge on any atom is -0.478 e. The first-order valence-electron chi connectivity index (χ1n) is 5.88. The van der Waals surface area contributed by atoms with Crippen molar-refractivity contribution in [3.05, 3.63) is 23.3 Å². The van der Waals surface area contributed by atoms with Gasteiger partial charge < -0.3 is 9.84 Å². The van der Waals surface area contributed by atoms with Crippen LogP contribution in [0.4, 0.5) is 8.78 Å². The SMILES string of the molecule is CCOC(c1ncc(C(=O)O)c(C(F)F)n1)C(C)C. The standard InChI is InChI=1S/C12H16F2N2O3/c1-4-19-9(6(2)3)11-15-5-7(12(17)18)8(16-11)10(13)14/h5-6,9-10H,4H2,1-3H3,(H,17,18). The molecule has 7 heteroatoms. The fourth-order valence-corrected chi connectivity index (χ4v) is 1.62. The maximum atomic E-state index is 12.8. The summed E-state index contributed by atoms with van der Waals surface area (Å²) in [4.78, 5) is 18.3. The lowest BCUT2D eigenvalue weighted by molar-refractivity contribution is 0.0222. The van der Waals surface area contributed by atoms with E-state index in [1.165, 1.54) is 0 Å². The number of nitrogens with zero attached hydrogens (tertiary/aromatic N) is 2. The largest absolute Gasteiger partial charge is 0.478 e. The van der Waals surface area contributed by atoms with Gasteiger partial charge in [0.05, 0.1) is 0 Å². The van der Waals surface area contributed by atoms with E-state index in [0.717, 1.165) is 6.20 Å². The number of carboxylic acid groups (broad SMARTS) is 1. The fraction of sp³-hybridized carbons (Fsp3) is 0.583. The Morgan fingerprint density at radius 1 is 1.47 bits per heavy atom. The molecule has 106 valence electrons. The smallest absolute Gasteiger partial charge is 0.339 e. The molecule has 19 heavy (non-hydrogen) atoms. The molecule has 1 heterocycles. The lowest BCUT2D eigenvalue weighted by Crippen LogP contribution is -2.17. The first-order valence-corrected chi connectivity index (χ1v) is 5.88. The number of carbonyl (C=O) groups is 1. The van der Waals surface area contributed by atoms with Crippen LogP contribution in [-0.2, 0) is 4.74 Å². The molecule has 0 spiro atoms. The summed E-state index contributed by atoms with van der Waals surface area (Å²) in [6, 6.07) is 0. The Bertz CT molecular complexity index is 453. The van der Waals surface area contributed by atoms with Crippen molar-refractivity contribution >= 4 is 5.97 Å². The summed E-state index contributed by atoms with van der Waals surface area (Å²) in [6.07, 6.45) is -2.60. The highest BCUT2D eigenvalue weighted by molar-refractivity contribution is 5.88. The monoisotopic (exact) mass is 274 g/mol. The highest BCUT2D eigenvalue weighted by Gasteiger charge is 2.25. The van der Waals surface area contributed by atoms with Crippen LogP contribution in [-0.4, -0.2) is 27.7 Å². The molecular formula is C12H16F2N2O3. The second kappa shape index (κ2) is 6.51. The quantitative estimate of drug-likeness (QED) is 0.863. The molecule has 1 rings (SSSR count). The number of hydrogen-bond acceptors (Lipinski definition) is 4. The highest BCUT2D eigenvalue weighted by atomic mass is 19.3. The average Bonchev–Trinajstić information content (AvgIpc) is 2.34. The molecule has 0 fully saturated rings. The van der Waals surface area contributed by atoms with Crippen LogP contribution < -0.4 is 0 Å². The van der Waals surface area contributed by atoms with E-state index in [2.05, 4.69) is 9.97 Å². The Balaban J connectivity index is 3.23. The van der Waals surface area contributed by atoms with Crippen molar-refractivity contribution in [3.63, 3.8) is 0 Å². The maximum Gasteiger partial charge on any atom is 0.339 e. The minimum atomic E-state index is -2.97. The third kappa shape index (κ3) is 3.66. The molecule has 0 radical (unpaired) electrons.